The summed E-state index contributed by atoms with van der Waals surface area (Å²) in [6.07, 6.45) is 4.14. The lowest BCUT2D eigenvalue weighted by Gasteiger charge is -2.50. The van der Waals surface area contributed by atoms with Crippen molar-refractivity contribution in [1.29, 1.82) is 0 Å². The van der Waals surface area contributed by atoms with Crippen LogP contribution in [0.4, 0.5) is 0 Å². The van der Waals surface area contributed by atoms with Crippen LogP contribution in [0, 0.1) is 23.2 Å². The average Bonchev–Trinajstić information content (AvgIpc) is 2.77. The van der Waals surface area contributed by atoms with Crippen LogP contribution in [0.25, 0.3) is 0 Å². The number of hydrogen-bond acceptors (Lipinski definition) is 2. The Balaban J connectivity index is 1.76. The summed E-state index contributed by atoms with van der Waals surface area (Å²) >= 11 is 0. The van der Waals surface area contributed by atoms with Crippen LogP contribution in [0.5, 0.6) is 5.75 Å². The molecule has 0 bridgehead atoms. The van der Waals surface area contributed by atoms with E-state index in [0.717, 1.165) is 37.0 Å². The molecule has 1 aromatic rings. The third kappa shape index (κ3) is 1.96. The van der Waals surface area contributed by atoms with Crippen LogP contribution in [-0.2, 0) is 11.2 Å². The lowest BCUT2D eigenvalue weighted by Crippen LogP contribution is -2.45. The molecule has 23 heavy (non-hydrogen) atoms. The maximum atomic E-state index is 12.7. The van der Waals surface area contributed by atoms with Gasteiger partial charge >= 0.3 is 0 Å². The number of ketones is 1. The lowest BCUT2D eigenvalue weighted by atomic mass is 9.53. The fraction of sp³-hybridized carbons (Fsp3) is 0.571. The standard InChI is InChI=1S/C21H26O2/c1-12-9-14-11-15(23-4)5-6-16(14)17-7-8-21(3)18(19(12)17)10-13(2)20(21)22/h5-6,11-12,17-19H,2,7-10H2,1,3-4H3/t12-,17-,18-,19-,21+/m1/s1. The Morgan fingerprint density at radius 1 is 1.30 bits per heavy atom. The van der Waals surface area contributed by atoms with Crippen LogP contribution < -0.4 is 4.74 Å². The van der Waals surface area contributed by atoms with Gasteiger partial charge in [0, 0.05) is 5.41 Å². The number of carbonyl (C=O) groups is 1. The third-order valence-electron chi connectivity index (χ3n) is 6.98. The van der Waals surface area contributed by atoms with E-state index in [9.17, 15) is 4.79 Å². The minimum absolute atomic E-state index is 0.156. The van der Waals surface area contributed by atoms with Crippen molar-refractivity contribution in [3.05, 3.63) is 41.5 Å². The highest BCUT2D eigenvalue weighted by Crippen LogP contribution is 2.61. The van der Waals surface area contributed by atoms with E-state index in [1.165, 1.54) is 11.1 Å². The van der Waals surface area contributed by atoms with Gasteiger partial charge in [0.1, 0.15) is 5.75 Å². The summed E-state index contributed by atoms with van der Waals surface area (Å²) in [5.74, 6) is 3.59. The topological polar surface area (TPSA) is 26.3 Å². The molecule has 2 nitrogen and oxygen atoms in total. The van der Waals surface area contributed by atoms with E-state index in [1.807, 2.05) is 0 Å². The Hall–Kier alpha value is -1.57. The van der Waals surface area contributed by atoms with Crippen molar-refractivity contribution in [3.63, 3.8) is 0 Å². The van der Waals surface area contributed by atoms with Gasteiger partial charge in [-0.15, -0.1) is 0 Å². The summed E-state index contributed by atoms with van der Waals surface area (Å²) in [6.45, 7) is 8.64. The summed E-state index contributed by atoms with van der Waals surface area (Å²) in [6, 6.07) is 6.58. The van der Waals surface area contributed by atoms with Gasteiger partial charge in [0.25, 0.3) is 0 Å². The molecule has 5 atom stereocenters. The molecule has 0 saturated heterocycles. The van der Waals surface area contributed by atoms with Gasteiger partial charge in [-0.2, -0.15) is 0 Å². The number of benzene rings is 1. The molecule has 0 N–H and O–H groups in total. The first kappa shape index (κ1) is 15.0. The van der Waals surface area contributed by atoms with Crippen molar-refractivity contribution in [2.24, 2.45) is 23.2 Å². The number of methoxy groups -OCH3 is 1. The molecule has 3 aliphatic rings. The van der Waals surface area contributed by atoms with Gasteiger partial charge in [-0.1, -0.05) is 26.5 Å². The number of carbonyl (C=O) groups excluding carboxylic acids is 1. The molecule has 2 heteroatoms. The Morgan fingerprint density at radius 3 is 2.83 bits per heavy atom. The fourth-order valence-electron chi connectivity index (χ4n) is 5.83. The molecule has 2 fully saturated rings. The van der Waals surface area contributed by atoms with Gasteiger partial charge < -0.3 is 4.74 Å². The second kappa shape index (κ2) is 4.96. The molecule has 0 unspecified atom stereocenters. The highest BCUT2D eigenvalue weighted by Gasteiger charge is 2.57. The molecule has 0 amide bonds. The second-order valence-corrected chi connectivity index (χ2v) is 8.13. The largest absolute Gasteiger partial charge is 0.497 e. The molecule has 1 aromatic carbocycles. The molecule has 0 heterocycles. The predicted octanol–water partition coefficient (Wildman–Crippen LogP) is 4.53. The molecule has 0 spiro atoms. The van der Waals surface area contributed by atoms with Crippen molar-refractivity contribution < 1.29 is 9.53 Å². The Kier molecular flexibility index (Phi) is 3.23. The van der Waals surface area contributed by atoms with E-state index in [0.29, 0.717) is 29.5 Å². The van der Waals surface area contributed by atoms with Gasteiger partial charge in [-0.05, 0) is 78.2 Å². The molecule has 0 aromatic heterocycles. The number of allylic oxidation sites excluding steroid dienone is 1. The van der Waals surface area contributed by atoms with Gasteiger partial charge in [0.2, 0.25) is 0 Å². The second-order valence-electron chi connectivity index (χ2n) is 8.13. The first-order valence-corrected chi connectivity index (χ1v) is 8.85. The van der Waals surface area contributed by atoms with Crippen molar-refractivity contribution >= 4 is 5.78 Å². The maximum absolute atomic E-state index is 12.7. The van der Waals surface area contributed by atoms with Crippen LogP contribution in [0.15, 0.2) is 30.4 Å². The monoisotopic (exact) mass is 310 g/mol. The number of ether oxygens (including phenoxy) is 1. The van der Waals surface area contributed by atoms with E-state index in [-0.39, 0.29) is 5.41 Å². The normalized spacial score (nSPS) is 38.7. The van der Waals surface area contributed by atoms with Gasteiger partial charge in [0.05, 0.1) is 7.11 Å². The molecule has 122 valence electrons. The van der Waals surface area contributed by atoms with E-state index < -0.39 is 0 Å². The van der Waals surface area contributed by atoms with Gasteiger partial charge in [0.15, 0.2) is 5.78 Å². The van der Waals surface area contributed by atoms with Crippen molar-refractivity contribution in [1.82, 2.24) is 0 Å². The van der Waals surface area contributed by atoms with Gasteiger partial charge in [-0.3, -0.25) is 4.79 Å². The highest BCUT2D eigenvalue weighted by atomic mass is 16.5. The molecule has 4 rings (SSSR count). The van der Waals surface area contributed by atoms with Crippen molar-refractivity contribution in [2.75, 3.05) is 7.11 Å². The summed E-state index contributed by atoms with van der Waals surface area (Å²) in [7, 11) is 1.73. The van der Waals surface area contributed by atoms with Crippen molar-refractivity contribution in [3.8, 4) is 5.75 Å². The zero-order valence-corrected chi connectivity index (χ0v) is 14.4. The predicted molar refractivity (Wildman–Crippen MR) is 91.7 cm³/mol. The molecule has 0 radical (unpaired) electrons. The molecule has 2 saturated carbocycles. The third-order valence-corrected chi connectivity index (χ3v) is 6.98. The highest BCUT2D eigenvalue weighted by molar-refractivity contribution is 6.02. The fourth-order valence-corrected chi connectivity index (χ4v) is 5.83. The Morgan fingerprint density at radius 2 is 2.09 bits per heavy atom. The molecular formula is C21H26O2. The minimum Gasteiger partial charge on any atom is -0.497 e. The van der Waals surface area contributed by atoms with E-state index >= 15 is 0 Å². The zero-order chi connectivity index (χ0) is 16.4. The lowest BCUT2D eigenvalue weighted by molar-refractivity contribution is -0.127. The molecular weight excluding hydrogens is 284 g/mol. The van der Waals surface area contributed by atoms with Crippen LogP contribution in [0.1, 0.15) is 50.2 Å². The summed E-state index contributed by atoms with van der Waals surface area (Å²) in [5, 5.41) is 0. The Labute approximate surface area is 138 Å². The van der Waals surface area contributed by atoms with Crippen LogP contribution in [0.2, 0.25) is 0 Å². The average molecular weight is 310 g/mol. The zero-order valence-electron chi connectivity index (χ0n) is 14.4. The first-order valence-electron chi connectivity index (χ1n) is 8.85. The number of fused-ring (bicyclic) bond motifs is 5. The maximum Gasteiger partial charge on any atom is 0.164 e. The summed E-state index contributed by atoms with van der Waals surface area (Å²) in [5.41, 5.74) is 3.66. The van der Waals surface area contributed by atoms with E-state index in [4.69, 9.17) is 4.74 Å². The molecule has 3 aliphatic carbocycles. The van der Waals surface area contributed by atoms with Crippen LogP contribution >= 0.6 is 0 Å². The Bertz CT molecular complexity index is 689. The van der Waals surface area contributed by atoms with Crippen LogP contribution in [0.3, 0.4) is 0 Å². The van der Waals surface area contributed by atoms with Crippen LogP contribution in [-0.4, -0.2) is 12.9 Å². The number of Topliss-reactive ketones (excluding diaryl/α,β-unsaturated/α-hetero) is 1. The number of rotatable bonds is 1. The summed E-state index contributed by atoms with van der Waals surface area (Å²) < 4.78 is 5.41. The summed E-state index contributed by atoms with van der Waals surface area (Å²) in [4.78, 5) is 12.7. The number of hydrogen-bond donors (Lipinski definition) is 0. The SMILES string of the molecule is C=C1C[C@@H]2[C@@H]3[C@H](C)Cc4cc(OC)ccc4[C@H]3CC[C@]2(C)C1=O. The first-order chi connectivity index (χ1) is 11.0. The van der Waals surface area contributed by atoms with Crippen molar-refractivity contribution in [2.45, 2.75) is 45.4 Å². The quantitative estimate of drug-likeness (QED) is 0.712. The molecule has 0 aliphatic heterocycles. The van der Waals surface area contributed by atoms with Gasteiger partial charge in [-0.25, -0.2) is 0 Å². The smallest absolute Gasteiger partial charge is 0.164 e. The van der Waals surface area contributed by atoms with E-state index in [1.54, 1.807) is 7.11 Å². The minimum atomic E-state index is -0.156. The van der Waals surface area contributed by atoms with E-state index in [2.05, 4.69) is 38.6 Å².